The van der Waals surface area contributed by atoms with Crippen LogP contribution in [0.3, 0.4) is 0 Å². The minimum atomic E-state index is -2.60. The van der Waals surface area contributed by atoms with E-state index in [1.807, 2.05) is 0 Å². The monoisotopic (exact) mass is 457 g/mol. The molecule has 10 nitrogen and oxygen atoms in total. The molecule has 10 heteroatoms. The molecule has 3 unspecified atom stereocenters. The fourth-order valence-electron chi connectivity index (χ4n) is 5.59. The lowest BCUT2D eigenvalue weighted by atomic mass is 9.56. The average Bonchev–Trinajstić information content (AvgIpc) is 2.74. The highest BCUT2D eigenvalue weighted by atomic mass is 16.3. The molecule has 8 N–H and O–H groups in total. The SMILES string of the molecule is CC1C(=O)C(C(N)=O)=C(O)[C@@]2(O)C(=O)C3=C(O)c4c(O)c(CN)cc(N(C)C)c4CC3CC12. The van der Waals surface area contributed by atoms with Gasteiger partial charge in [-0.25, -0.2) is 0 Å². The van der Waals surface area contributed by atoms with Gasteiger partial charge < -0.3 is 36.8 Å². The summed E-state index contributed by atoms with van der Waals surface area (Å²) in [6, 6.07) is 1.72. The van der Waals surface area contributed by atoms with Crippen molar-refractivity contribution in [2.75, 3.05) is 19.0 Å². The van der Waals surface area contributed by atoms with E-state index in [2.05, 4.69) is 0 Å². The van der Waals surface area contributed by atoms with Crippen molar-refractivity contribution in [3.63, 3.8) is 0 Å². The Morgan fingerprint density at radius 2 is 1.88 bits per heavy atom. The lowest BCUT2D eigenvalue weighted by Crippen LogP contribution is -2.61. The van der Waals surface area contributed by atoms with E-state index in [1.165, 1.54) is 6.92 Å². The highest BCUT2D eigenvalue weighted by molar-refractivity contribution is 6.23. The number of aromatic hydroxyl groups is 1. The van der Waals surface area contributed by atoms with Gasteiger partial charge in [0.15, 0.2) is 11.4 Å². The number of aliphatic hydroxyl groups is 3. The number of carbonyl (C=O) groups is 3. The number of rotatable bonds is 3. The maximum Gasteiger partial charge on any atom is 0.255 e. The zero-order valence-electron chi connectivity index (χ0n) is 18.5. The lowest BCUT2D eigenvalue weighted by molar-refractivity contribution is -0.152. The number of benzene rings is 1. The first-order valence-corrected chi connectivity index (χ1v) is 10.6. The summed E-state index contributed by atoms with van der Waals surface area (Å²) in [6.45, 7) is 1.45. The van der Waals surface area contributed by atoms with E-state index >= 15 is 0 Å². The summed E-state index contributed by atoms with van der Waals surface area (Å²) in [5, 5.41) is 44.1. The summed E-state index contributed by atoms with van der Waals surface area (Å²) in [5.74, 6) is -7.48. The van der Waals surface area contributed by atoms with Crippen LogP contribution in [0.5, 0.6) is 5.75 Å². The third-order valence-corrected chi connectivity index (χ3v) is 7.29. The first-order valence-electron chi connectivity index (χ1n) is 10.6. The number of nitrogens with zero attached hydrogens (tertiary/aromatic N) is 1. The van der Waals surface area contributed by atoms with Crippen molar-refractivity contribution in [1.82, 2.24) is 0 Å². The molecule has 0 radical (unpaired) electrons. The van der Waals surface area contributed by atoms with Gasteiger partial charge in [-0.3, -0.25) is 14.4 Å². The Labute approximate surface area is 189 Å². The number of carbonyl (C=O) groups excluding carboxylic acids is 3. The summed E-state index contributed by atoms with van der Waals surface area (Å²) in [5.41, 5.74) is 9.13. The van der Waals surface area contributed by atoms with Crippen molar-refractivity contribution in [3.05, 3.63) is 39.7 Å². The van der Waals surface area contributed by atoms with Gasteiger partial charge in [-0.05, 0) is 30.4 Å². The Morgan fingerprint density at radius 3 is 2.42 bits per heavy atom. The highest BCUT2D eigenvalue weighted by Crippen LogP contribution is 2.54. The van der Waals surface area contributed by atoms with E-state index in [-0.39, 0.29) is 36.3 Å². The number of fused-ring (bicyclic) bond motifs is 3. The van der Waals surface area contributed by atoms with Gasteiger partial charge in [0.1, 0.15) is 22.8 Å². The second-order valence-electron chi connectivity index (χ2n) is 9.20. The fraction of sp³-hybridized carbons (Fsp3) is 0.435. The Kier molecular flexibility index (Phi) is 5.06. The van der Waals surface area contributed by atoms with Crippen LogP contribution in [-0.2, 0) is 27.3 Å². The van der Waals surface area contributed by atoms with Gasteiger partial charge in [0.25, 0.3) is 5.91 Å². The fourth-order valence-corrected chi connectivity index (χ4v) is 5.59. The third-order valence-electron chi connectivity index (χ3n) is 7.29. The number of phenolic OH excluding ortho intramolecular Hbond substituents is 1. The number of hydrogen-bond acceptors (Lipinski definition) is 9. The van der Waals surface area contributed by atoms with Crippen molar-refractivity contribution in [2.24, 2.45) is 29.2 Å². The normalized spacial score (nSPS) is 28.9. The van der Waals surface area contributed by atoms with E-state index in [0.29, 0.717) is 16.8 Å². The van der Waals surface area contributed by atoms with E-state index in [0.717, 1.165) is 0 Å². The molecule has 1 aromatic rings. The standard InChI is InChI=1S/C23H27N3O7/c1-8-12-5-9-4-11-13(26(2)3)6-10(7-24)18(28)15(11)19(29)14(9)20(30)23(12,33)21(31)16(17(8)27)22(25)32/h6,8-9,12,28-29,31,33H,4-5,7,24H2,1-3H3,(H2,25,32)/t8?,9?,12?,23-/m0/s1. The molecular formula is C23H27N3O7. The van der Waals surface area contributed by atoms with Gasteiger partial charge in [-0.1, -0.05) is 6.92 Å². The van der Waals surface area contributed by atoms with Crippen molar-refractivity contribution in [3.8, 4) is 5.75 Å². The minimum Gasteiger partial charge on any atom is -0.508 e. The van der Waals surface area contributed by atoms with Crippen LogP contribution in [0.1, 0.15) is 30.0 Å². The maximum absolute atomic E-state index is 13.6. The number of aliphatic hydroxyl groups excluding tert-OH is 2. The lowest BCUT2D eigenvalue weighted by Gasteiger charge is -2.48. The minimum absolute atomic E-state index is 0.0168. The molecule has 1 fully saturated rings. The molecule has 33 heavy (non-hydrogen) atoms. The van der Waals surface area contributed by atoms with Gasteiger partial charge in [0.05, 0.1) is 5.56 Å². The Bertz CT molecular complexity index is 1180. The van der Waals surface area contributed by atoms with Crippen molar-refractivity contribution >= 4 is 28.9 Å². The Hall–Kier alpha value is -3.37. The second kappa shape index (κ2) is 7.32. The van der Waals surface area contributed by atoms with E-state index in [4.69, 9.17) is 11.5 Å². The van der Waals surface area contributed by atoms with Crippen LogP contribution in [0, 0.1) is 17.8 Å². The molecule has 3 aliphatic rings. The second-order valence-corrected chi connectivity index (χ2v) is 9.20. The Morgan fingerprint density at radius 1 is 1.24 bits per heavy atom. The van der Waals surface area contributed by atoms with Crippen LogP contribution in [-0.4, -0.2) is 57.6 Å². The Balaban J connectivity index is 2.00. The van der Waals surface area contributed by atoms with Crippen molar-refractivity contribution in [2.45, 2.75) is 31.9 Å². The summed E-state index contributed by atoms with van der Waals surface area (Å²) < 4.78 is 0. The maximum atomic E-state index is 13.6. The predicted octanol–water partition coefficient (Wildman–Crippen LogP) is 0.195. The van der Waals surface area contributed by atoms with Crippen LogP contribution >= 0.6 is 0 Å². The molecule has 0 bridgehead atoms. The first-order chi connectivity index (χ1) is 15.4. The molecule has 1 aromatic carbocycles. The molecule has 0 spiro atoms. The van der Waals surface area contributed by atoms with Crippen molar-refractivity contribution in [1.29, 1.82) is 0 Å². The van der Waals surface area contributed by atoms with Gasteiger partial charge in [-0.2, -0.15) is 0 Å². The molecule has 1 saturated carbocycles. The van der Waals surface area contributed by atoms with Gasteiger partial charge in [0.2, 0.25) is 5.78 Å². The van der Waals surface area contributed by atoms with E-state index < -0.39 is 57.9 Å². The molecular weight excluding hydrogens is 430 g/mol. The topological polar surface area (TPSA) is 187 Å². The zero-order valence-corrected chi connectivity index (χ0v) is 18.5. The summed E-state index contributed by atoms with van der Waals surface area (Å²) >= 11 is 0. The molecule has 0 heterocycles. The summed E-state index contributed by atoms with van der Waals surface area (Å²) in [4.78, 5) is 39.9. The van der Waals surface area contributed by atoms with Gasteiger partial charge in [-0.15, -0.1) is 0 Å². The number of hydrogen-bond donors (Lipinski definition) is 6. The molecule has 0 saturated heterocycles. The molecule has 0 aliphatic heterocycles. The van der Waals surface area contributed by atoms with E-state index in [1.54, 1.807) is 25.1 Å². The number of ketones is 2. The van der Waals surface area contributed by atoms with Crippen molar-refractivity contribution < 1.29 is 34.8 Å². The largest absolute Gasteiger partial charge is 0.508 e. The summed E-state index contributed by atoms with van der Waals surface area (Å²) in [7, 11) is 3.59. The molecule has 1 amide bonds. The number of anilines is 1. The highest BCUT2D eigenvalue weighted by Gasteiger charge is 2.62. The molecule has 0 aromatic heterocycles. The number of Topliss-reactive ketones (excluding diaryl/α,β-unsaturated/α-hetero) is 2. The number of nitrogens with two attached hydrogens (primary N) is 2. The predicted molar refractivity (Wildman–Crippen MR) is 118 cm³/mol. The average molecular weight is 457 g/mol. The molecule has 4 atom stereocenters. The zero-order chi connectivity index (χ0) is 24.6. The number of amides is 1. The smallest absolute Gasteiger partial charge is 0.255 e. The van der Waals surface area contributed by atoms with E-state index in [9.17, 15) is 34.8 Å². The van der Waals surface area contributed by atoms with Gasteiger partial charge >= 0.3 is 0 Å². The molecule has 176 valence electrons. The van der Waals surface area contributed by atoms with Crippen LogP contribution in [0.4, 0.5) is 5.69 Å². The summed E-state index contributed by atoms with van der Waals surface area (Å²) in [6.07, 6.45) is 0.323. The van der Waals surface area contributed by atoms with Crippen LogP contribution in [0.2, 0.25) is 0 Å². The first kappa shape index (κ1) is 22.8. The van der Waals surface area contributed by atoms with Crippen LogP contribution in [0.15, 0.2) is 23.0 Å². The van der Waals surface area contributed by atoms with Gasteiger partial charge in [0, 0.05) is 49.3 Å². The number of primary amides is 1. The number of phenols is 1. The molecule has 3 aliphatic carbocycles. The van der Waals surface area contributed by atoms with Crippen LogP contribution in [0.25, 0.3) is 5.76 Å². The van der Waals surface area contributed by atoms with Crippen LogP contribution < -0.4 is 16.4 Å². The quantitative estimate of drug-likeness (QED) is 0.344. The molecule has 4 rings (SSSR count). The third kappa shape index (κ3) is 2.83.